The van der Waals surface area contributed by atoms with Gasteiger partial charge in [-0.2, -0.15) is 5.10 Å². The fraction of sp³-hybridized carbons (Fsp3) is 0.438. The molecule has 0 radical (unpaired) electrons. The lowest BCUT2D eigenvalue weighted by molar-refractivity contribution is -0.385. The quantitative estimate of drug-likeness (QED) is 0.573. The van der Waals surface area contributed by atoms with Crippen molar-refractivity contribution in [2.75, 3.05) is 4.72 Å². The highest BCUT2D eigenvalue weighted by Gasteiger charge is 2.25. The fourth-order valence-corrected chi connectivity index (χ4v) is 4.04. The molecule has 0 aliphatic carbocycles. The summed E-state index contributed by atoms with van der Waals surface area (Å²) in [6, 6.07) is 4.42. The van der Waals surface area contributed by atoms with Gasteiger partial charge in [-0.15, -0.1) is 0 Å². The van der Waals surface area contributed by atoms with Gasteiger partial charge in [-0.3, -0.25) is 19.9 Å². The molecule has 1 aromatic heterocycles. The van der Waals surface area contributed by atoms with Crippen molar-refractivity contribution in [2.24, 2.45) is 0 Å². The summed E-state index contributed by atoms with van der Waals surface area (Å²) in [5.41, 5.74) is 1.21. The van der Waals surface area contributed by atoms with Crippen molar-refractivity contribution in [1.82, 2.24) is 10.2 Å². The number of nitrogens with one attached hydrogen (secondary N) is 2. The van der Waals surface area contributed by atoms with Crippen molar-refractivity contribution in [3.05, 3.63) is 45.1 Å². The smallest absolute Gasteiger partial charge is 0.273 e. The van der Waals surface area contributed by atoms with E-state index in [1.54, 1.807) is 13.0 Å². The molecule has 0 amide bonds. The second-order valence-corrected chi connectivity index (χ2v) is 7.82. The van der Waals surface area contributed by atoms with Gasteiger partial charge in [0.05, 0.1) is 9.82 Å². The van der Waals surface area contributed by atoms with Crippen molar-refractivity contribution in [2.45, 2.75) is 51.3 Å². The number of nitro groups is 1. The Morgan fingerprint density at radius 3 is 2.60 bits per heavy atom. The van der Waals surface area contributed by atoms with E-state index < -0.39 is 14.9 Å². The molecule has 2 aromatic rings. The van der Waals surface area contributed by atoms with Crippen molar-refractivity contribution in [3.63, 3.8) is 0 Å². The Hall–Kier alpha value is -2.42. The first-order chi connectivity index (χ1) is 11.7. The van der Waals surface area contributed by atoms with Gasteiger partial charge in [-0.25, -0.2) is 8.42 Å². The van der Waals surface area contributed by atoms with E-state index in [0.717, 1.165) is 18.5 Å². The minimum Gasteiger partial charge on any atom is -0.280 e. The molecule has 0 fully saturated rings. The number of aromatic amines is 1. The minimum atomic E-state index is -3.98. The van der Waals surface area contributed by atoms with Gasteiger partial charge in [0.1, 0.15) is 0 Å². The number of hydrogen-bond donors (Lipinski definition) is 2. The number of nitro benzene ring substituents is 1. The zero-order chi connectivity index (χ0) is 18.8. The highest BCUT2D eigenvalue weighted by molar-refractivity contribution is 7.92. The predicted octanol–water partition coefficient (Wildman–Crippen LogP) is 3.64. The van der Waals surface area contributed by atoms with Gasteiger partial charge in [0.15, 0.2) is 5.82 Å². The van der Waals surface area contributed by atoms with Gasteiger partial charge in [0.25, 0.3) is 15.7 Å². The van der Waals surface area contributed by atoms with Crippen molar-refractivity contribution >= 4 is 21.5 Å². The molecule has 0 saturated heterocycles. The van der Waals surface area contributed by atoms with Crippen LogP contribution in [0.2, 0.25) is 0 Å². The molecular formula is C16H22N4O4S. The molecule has 1 atom stereocenters. The van der Waals surface area contributed by atoms with Gasteiger partial charge in [-0.1, -0.05) is 20.3 Å². The van der Waals surface area contributed by atoms with Crippen LogP contribution in [0.15, 0.2) is 23.1 Å². The minimum absolute atomic E-state index is 0.0956. The van der Waals surface area contributed by atoms with E-state index in [1.807, 2.05) is 6.92 Å². The number of hydrogen-bond acceptors (Lipinski definition) is 5. The summed E-state index contributed by atoms with van der Waals surface area (Å²) < 4.78 is 27.7. The maximum absolute atomic E-state index is 12.7. The third-order valence-electron chi connectivity index (χ3n) is 4.05. The van der Waals surface area contributed by atoms with Crippen LogP contribution in [0.25, 0.3) is 0 Å². The zero-order valence-electron chi connectivity index (χ0n) is 14.7. The molecule has 0 bridgehead atoms. The van der Waals surface area contributed by atoms with Crippen LogP contribution in [0.5, 0.6) is 0 Å². The molecule has 0 aliphatic heterocycles. The van der Waals surface area contributed by atoms with Crippen LogP contribution in [0.1, 0.15) is 49.4 Å². The van der Waals surface area contributed by atoms with Gasteiger partial charge in [-0.05, 0) is 37.8 Å². The van der Waals surface area contributed by atoms with Crippen LogP contribution in [-0.4, -0.2) is 23.5 Å². The molecule has 25 heavy (non-hydrogen) atoms. The van der Waals surface area contributed by atoms with Crippen LogP contribution < -0.4 is 4.72 Å². The highest BCUT2D eigenvalue weighted by atomic mass is 32.2. The van der Waals surface area contributed by atoms with Crippen LogP contribution in [0.4, 0.5) is 11.5 Å². The maximum atomic E-state index is 12.7. The normalized spacial score (nSPS) is 12.8. The molecule has 1 unspecified atom stereocenters. The van der Waals surface area contributed by atoms with Crippen molar-refractivity contribution in [1.29, 1.82) is 0 Å². The number of benzene rings is 1. The highest BCUT2D eigenvalue weighted by Crippen LogP contribution is 2.29. The molecule has 2 N–H and O–H groups in total. The summed E-state index contributed by atoms with van der Waals surface area (Å²) in [6.07, 6.45) is 1.96. The zero-order valence-corrected chi connectivity index (χ0v) is 15.5. The summed E-state index contributed by atoms with van der Waals surface area (Å²) in [4.78, 5) is 10.4. The Morgan fingerprint density at radius 2 is 2.00 bits per heavy atom. The maximum Gasteiger partial charge on any atom is 0.273 e. The van der Waals surface area contributed by atoms with Gasteiger partial charge in [0.2, 0.25) is 0 Å². The second-order valence-electron chi connectivity index (χ2n) is 6.17. The Kier molecular flexibility index (Phi) is 5.46. The van der Waals surface area contributed by atoms with E-state index in [4.69, 9.17) is 0 Å². The molecule has 0 saturated carbocycles. The lowest BCUT2D eigenvalue weighted by Gasteiger charge is -2.10. The van der Waals surface area contributed by atoms with E-state index >= 15 is 0 Å². The number of anilines is 1. The molecule has 2 rings (SSSR count). The summed E-state index contributed by atoms with van der Waals surface area (Å²) in [6.45, 7) is 7.14. The Morgan fingerprint density at radius 1 is 1.32 bits per heavy atom. The Bertz CT molecular complexity index is 890. The molecule has 1 heterocycles. The molecule has 8 nitrogen and oxygen atoms in total. The van der Waals surface area contributed by atoms with Crippen LogP contribution in [0, 0.1) is 24.0 Å². The number of aromatic nitrogens is 2. The first kappa shape index (κ1) is 18.9. The van der Waals surface area contributed by atoms with Crippen LogP contribution in [0.3, 0.4) is 0 Å². The van der Waals surface area contributed by atoms with Gasteiger partial charge in [0, 0.05) is 23.4 Å². The average molecular weight is 366 g/mol. The van der Waals surface area contributed by atoms with E-state index in [0.29, 0.717) is 5.56 Å². The monoisotopic (exact) mass is 366 g/mol. The lowest BCUT2D eigenvalue weighted by atomic mass is 10.0. The third kappa shape index (κ3) is 4.16. The Balaban J connectivity index is 2.36. The summed E-state index contributed by atoms with van der Waals surface area (Å²) >= 11 is 0. The summed E-state index contributed by atoms with van der Waals surface area (Å²) in [5.74, 6) is 0.402. The molecular weight excluding hydrogens is 344 g/mol. The lowest BCUT2D eigenvalue weighted by Crippen LogP contribution is -2.15. The average Bonchev–Trinajstić information content (AvgIpc) is 2.97. The number of nitrogens with zero attached hydrogens (tertiary/aromatic N) is 2. The number of aryl methyl sites for hydroxylation is 1. The summed E-state index contributed by atoms with van der Waals surface area (Å²) in [5, 5.41) is 17.9. The number of H-pyrrole nitrogens is 1. The van der Waals surface area contributed by atoms with Crippen molar-refractivity contribution < 1.29 is 13.3 Å². The predicted molar refractivity (Wildman–Crippen MR) is 95.3 cm³/mol. The first-order valence-electron chi connectivity index (χ1n) is 7.99. The van der Waals surface area contributed by atoms with Gasteiger partial charge < -0.3 is 0 Å². The number of rotatable bonds is 7. The van der Waals surface area contributed by atoms with E-state index in [2.05, 4.69) is 21.8 Å². The Labute approximate surface area is 146 Å². The topological polar surface area (TPSA) is 118 Å². The summed E-state index contributed by atoms with van der Waals surface area (Å²) in [7, 11) is -3.98. The fourth-order valence-electron chi connectivity index (χ4n) is 2.70. The molecule has 9 heteroatoms. The molecule has 0 spiro atoms. The van der Waals surface area contributed by atoms with Crippen LogP contribution >= 0.6 is 0 Å². The second kappa shape index (κ2) is 7.22. The third-order valence-corrected chi connectivity index (χ3v) is 5.53. The first-order valence-corrected chi connectivity index (χ1v) is 9.47. The largest absolute Gasteiger partial charge is 0.280 e. The standard InChI is InChI=1S/C16H22N4O4S/c1-5-6-11(3)13-9-16(18-17-13)19-25(23,24)15-8-10(2)7-14(12(15)4)20(21)22/h7-9,11H,5-6H2,1-4H3,(H2,17,18,19). The van der Waals surface area contributed by atoms with E-state index in [-0.39, 0.29) is 27.9 Å². The van der Waals surface area contributed by atoms with Crippen molar-refractivity contribution in [3.8, 4) is 0 Å². The van der Waals surface area contributed by atoms with Crippen LogP contribution in [-0.2, 0) is 10.0 Å². The van der Waals surface area contributed by atoms with E-state index in [1.165, 1.54) is 19.1 Å². The van der Waals surface area contributed by atoms with Gasteiger partial charge >= 0.3 is 0 Å². The van der Waals surface area contributed by atoms with E-state index in [9.17, 15) is 18.5 Å². The molecule has 0 aliphatic rings. The molecule has 1 aromatic carbocycles. The molecule has 136 valence electrons. The number of sulfonamides is 1. The SMILES string of the molecule is CCCC(C)c1cc(NS(=O)(=O)c2cc(C)cc([N+](=O)[O-])c2C)n[nH]1.